The van der Waals surface area contributed by atoms with Crippen LogP contribution in [-0.4, -0.2) is 30.2 Å². The van der Waals surface area contributed by atoms with Crippen LogP contribution in [-0.2, 0) is 0 Å². The first-order valence-electron chi connectivity index (χ1n) is 5.22. The molecule has 1 N–H and O–H groups in total. The summed E-state index contributed by atoms with van der Waals surface area (Å²) in [7, 11) is 3.62. The van der Waals surface area contributed by atoms with Gasteiger partial charge in [-0.2, -0.15) is 0 Å². The number of hydrogen-bond acceptors (Lipinski definition) is 2. The van der Waals surface area contributed by atoms with E-state index in [0.717, 1.165) is 11.4 Å². The van der Waals surface area contributed by atoms with Gasteiger partial charge >= 0.3 is 0 Å². The molecule has 1 aromatic carbocycles. The number of anilines is 1. The van der Waals surface area contributed by atoms with Crippen LogP contribution in [0.1, 0.15) is 13.8 Å². The van der Waals surface area contributed by atoms with Crippen molar-refractivity contribution in [2.24, 2.45) is 0 Å². The third-order valence-corrected chi connectivity index (χ3v) is 2.81. The van der Waals surface area contributed by atoms with Crippen LogP contribution in [0, 0.1) is 0 Å². The van der Waals surface area contributed by atoms with Gasteiger partial charge in [0.25, 0.3) is 0 Å². The summed E-state index contributed by atoms with van der Waals surface area (Å²) < 4.78 is 5.15. The molecule has 0 bridgehead atoms. The lowest BCUT2D eigenvalue weighted by Crippen LogP contribution is -2.36. The lowest BCUT2D eigenvalue weighted by atomic mass is 10.3. The number of ether oxygens (including phenoxy) is 1. The van der Waals surface area contributed by atoms with Gasteiger partial charge in [-0.1, -0.05) is 6.07 Å². The Balaban J connectivity index is 2.69. The molecule has 88 valence electrons. The fourth-order valence-corrected chi connectivity index (χ4v) is 1.48. The highest BCUT2D eigenvalue weighted by atomic mass is 32.1. The maximum Gasteiger partial charge on any atom is 0.173 e. The Hall–Kier alpha value is -1.29. The molecule has 0 saturated carbocycles. The van der Waals surface area contributed by atoms with Gasteiger partial charge in [-0.15, -0.1) is 0 Å². The minimum absolute atomic E-state index is 0.380. The molecule has 16 heavy (non-hydrogen) atoms. The molecule has 0 aliphatic carbocycles. The summed E-state index contributed by atoms with van der Waals surface area (Å²) in [5.74, 6) is 0.819. The maximum absolute atomic E-state index is 5.29. The summed E-state index contributed by atoms with van der Waals surface area (Å²) in [5, 5.41) is 3.89. The quantitative estimate of drug-likeness (QED) is 0.818. The average molecular weight is 238 g/mol. The van der Waals surface area contributed by atoms with E-state index in [4.69, 9.17) is 17.0 Å². The van der Waals surface area contributed by atoms with Gasteiger partial charge in [-0.05, 0) is 38.2 Å². The predicted octanol–water partition coefficient (Wildman–Crippen LogP) is 2.73. The second kappa shape index (κ2) is 5.70. The molecular formula is C12H18N2OS. The van der Waals surface area contributed by atoms with E-state index in [0.29, 0.717) is 11.2 Å². The Morgan fingerprint density at radius 2 is 2.12 bits per heavy atom. The fourth-order valence-electron chi connectivity index (χ4n) is 1.15. The molecule has 0 spiro atoms. The molecule has 0 atom stereocenters. The van der Waals surface area contributed by atoms with Crippen molar-refractivity contribution in [3.05, 3.63) is 24.3 Å². The number of nitrogens with one attached hydrogen (secondary N) is 1. The Kier molecular flexibility index (Phi) is 4.55. The zero-order valence-corrected chi connectivity index (χ0v) is 11.0. The highest BCUT2D eigenvalue weighted by Crippen LogP contribution is 2.17. The van der Waals surface area contributed by atoms with E-state index < -0.39 is 0 Å². The van der Waals surface area contributed by atoms with Gasteiger partial charge in [0, 0.05) is 24.8 Å². The molecule has 0 aliphatic rings. The molecule has 3 nitrogen and oxygen atoms in total. The largest absolute Gasteiger partial charge is 0.497 e. The van der Waals surface area contributed by atoms with E-state index in [1.807, 2.05) is 36.2 Å². The Labute approximate surface area is 102 Å². The summed E-state index contributed by atoms with van der Waals surface area (Å²) in [6, 6.07) is 8.09. The predicted molar refractivity (Wildman–Crippen MR) is 72.1 cm³/mol. The second-order valence-electron chi connectivity index (χ2n) is 3.87. The number of hydrogen-bond donors (Lipinski definition) is 1. The molecule has 4 heteroatoms. The number of nitrogens with zero attached hydrogens (tertiary/aromatic N) is 1. The van der Waals surface area contributed by atoms with Gasteiger partial charge < -0.3 is 15.0 Å². The molecule has 0 heterocycles. The molecule has 1 aromatic rings. The van der Waals surface area contributed by atoms with E-state index in [-0.39, 0.29) is 0 Å². The minimum Gasteiger partial charge on any atom is -0.497 e. The van der Waals surface area contributed by atoms with Gasteiger partial charge in [0.1, 0.15) is 5.75 Å². The van der Waals surface area contributed by atoms with Crippen molar-refractivity contribution in [3.8, 4) is 5.75 Å². The van der Waals surface area contributed by atoms with Crippen molar-refractivity contribution in [3.63, 3.8) is 0 Å². The van der Waals surface area contributed by atoms with Crippen molar-refractivity contribution in [2.75, 3.05) is 19.5 Å². The summed E-state index contributed by atoms with van der Waals surface area (Å²) in [4.78, 5) is 2.01. The zero-order valence-electron chi connectivity index (χ0n) is 10.2. The number of thiocarbonyl (C=S) groups is 1. The lowest BCUT2D eigenvalue weighted by molar-refractivity contribution is 0.415. The fraction of sp³-hybridized carbons (Fsp3) is 0.417. The molecular weight excluding hydrogens is 220 g/mol. The van der Waals surface area contributed by atoms with E-state index in [1.54, 1.807) is 7.11 Å². The average Bonchev–Trinajstić information content (AvgIpc) is 2.28. The van der Waals surface area contributed by atoms with Gasteiger partial charge in [-0.25, -0.2) is 0 Å². The first kappa shape index (κ1) is 12.8. The van der Waals surface area contributed by atoms with Crippen LogP contribution in [0.4, 0.5) is 5.69 Å². The van der Waals surface area contributed by atoms with E-state index in [9.17, 15) is 0 Å². The maximum atomic E-state index is 5.29. The second-order valence-corrected chi connectivity index (χ2v) is 4.25. The molecule has 0 radical (unpaired) electrons. The summed E-state index contributed by atoms with van der Waals surface area (Å²) in [6.45, 7) is 4.19. The first-order valence-corrected chi connectivity index (χ1v) is 5.63. The monoisotopic (exact) mass is 238 g/mol. The first-order chi connectivity index (χ1) is 7.54. The molecule has 0 aromatic heterocycles. The minimum atomic E-state index is 0.380. The summed E-state index contributed by atoms with van der Waals surface area (Å²) in [5.41, 5.74) is 0.942. The Bertz CT molecular complexity index is 366. The normalized spacial score (nSPS) is 10.1. The number of benzene rings is 1. The SMILES string of the molecule is COc1cccc(NC(=S)N(C)C(C)C)c1. The van der Waals surface area contributed by atoms with Gasteiger partial charge in [0.2, 0.25) is 0 Å². The summed E-state index contributed by atoms with van der Waals surface area (Å²) in [6.07, 6.45) is 0. The van der Waals surface area contributed by atoms with Crippen molar-refractivity contribution in [1.29, 1.82) is 0 Å². The Morgan fingerprint density at radius 3 is 2.69 bits per heavy atom. The molecule has 0 fully saturated rings. The van der Waals surface area contributed by atoms with Crippen molar-refractivity contribution in [1.82, 2.24) is 4.90 Å². The van der Waals surface area contributed by atoms with Crippen molar-refractivity contribution >= 4 is 23.0 Å². The highest BCUT2D eigenvalue weighted by Gasteiger charge is 2.07. The van der Waals surface area contributed by atoms with Gasteiger partial charge in [0.15, 0.2) is 5.11 Å². The highest BCUT2D eigenvalue weighted by molar-refractivity contribution is 7.80. The van der Waals surface area contributed by atoms with Crippen LogP contribution in [0.3, 0.4) is 0 Å². The molecule has 0 amide bonds. The third-order valence-electron chi connectivity index (χ3n) is 2.42. The smallest absolute Gasteiger partial charge is 0.173 e. The topological polar surface area (TPSA) is 24.5 Å². The van der Waals surface area contributed by atoms with Crippen LogP contribution in [0.5, 0.6) is 5.75 Å². The van der Waals surface area contributed by atoms with Crippen LogP contribution in [0.25, 0.3) is 0 Å². The van der Waals surface area contributed by atoms with E-state index >= 15 is 0 Å². The number of rotatable bonds is 3. The molecule has 0 aliphatic heterocycles. The van der Waals surface area contributed by atoms with Crippen molar-refractivity contribution in [2.45, 2.75) is 19.9 Å². The Morgan fingerprint density at radius 1 is 1.44 bits per heavy atom. The third kappa shape index (κ3) is 3.38. The number of methoxy groups -OCH3 is 1. The lowest BCUT2D eigenvalue weighted by Gasteiger charge is -2.24. The van der Waals surface area contributed by atoms with Crippen LogP contribution >= 0.6 is 12.2 Å². The van der Waals surface area contributed by atoms with E-state index in [1.165, 1.54) is 0 Å². The van der Waals surface area contributed by atoms with Crippen molar-refractivity contribution < 1.29 is 4.74 Å². The molecule has 1 rings (SSSR count). The molecule has 0 saturated heterocycles. The standard InChI is InChI=1S/C12H18N2OS/c1-9(2)14(3)12(16)13-10-6-5-7-11(8-10)15-4/h5-9H,1-4H3,(H,13,16). The molecule has 0 unspecified atom stereocenters. The van der Waals surface area contributed by atoms with E-state index in [2.05, 4.69) is 19.2 Å². The summed E-state index contributed by atoms with van der Waals surface area (Å²) >= 11 is 5.29. The van der Waals surface area contributed by atoms with Crippen LogP contribution in [0.2, 0.25) is 0 Å². The van der Waals surface area contributed by atoms with Crippen LogP contribution < -0.4 is 10.1 Å². The van der Waals surface area contributed by atoms with Gasteiger partial charge in [0.05, 0.1) is 7.11 Å². The van der Waals surface area contributed by atoms with Gasteiger partial charge in [-0.3, -0.25) is 0 Å². The zero-order chi connectivity index (χ0) is 12.1. The van der Waals surface area contributed by atoms with Crippen LogP contribution in [0.15, 0.2) is 24.3 Å².